The van der Waals surface area contributed by atoms with Crippen molar-refractivity contribution in [1.82, 2.24) is 4.72 Å². The molecule has 0 aliphatic heterocycles. The van der Waals surface area contributed by atoms with Gasteiger partial charge in [0.25, 0.3) is 0 Å². The summed E-state index contributed by atoms with van der Waals surface area (Å²) < 4.78 is 26.5. The van der Waals surface area contributed by atoms with Crippen molar-refractivity contribution < 1.29 is 13.2 Å². The van der Waals surface area contributed by atoms with Gasteiger partial charge in [-0.2, -0.15) is 0 Å². The van der Waals surface area contributed by atoms with Crippen LogP contribution in [0.5, 0.6) is 0 Å². The van der Waals surface area contributed by atoms with E-state index in [2.05, 4.69) is 23.9 Å². The van der Waals surface area contributed by atoms with Gasteiger partial charge in [-0.25, -0.2) is 13.1 Å². The molecule has 7 heteroatoms. The molecule has 5 nitrogen and oxygen atoms in total. The van der Waals surface area contributed by atoms with Crippen LogP contribution in [0.2, 0.25) is 5.02 Å². The summed E-state index contributed by atoms with van der Waals surface area (Å²) in [6.45, 7) is 3.80. The van der Waals surface area contributed by atoms with Crippen LogP contribution in [0.15, 0.2) is 53.4 Å². The standard InChI is InChI=1S/C17H19ClN2O3S/c1-12(2)13-6-8-15(9-7-13)20-17(21)11-19-24(22,23)16-5-3-4-14(18)10-16/h3-10,12,19H,11H2,1-2H3,(H,20,21). The van der Waals surface area contributed by atoms with E-state index in [1.807, 2.05) is 12.1 Å². The zero-order valence-electron chi connectivity index (χ0n) is 13.4. The second-order valence-corrected chi connectivity index (χ2v) is 7.81. The summed E-state index contributed by atoms with van der Waals surface area (Å²) >= 11 is 5.78. The molecule has 0 atom stereocenters. The second kappa shape index (κ2) is 7.79. The number of hydrogen-bond acceptors (Lipinski definition) is 3. The van der Waals surface area contributed by atoms with Crippen molar-refractivity contribution in [3.8, 4) is 0 Å². The van der Waals surface area contributed by atoms with Crippen molar-refractivity contribution in [2.75, 3.05) is 11.9 Å². The second-order valence-electron chi connectivity index (χ2n) is 5.61. The van der Waals surface area contributed by atoms with E-state index in [9.17, 15) is 13.2 Å². The minimum atomic E-state index is -3.78. The molecule has 1 amide bonds. The SMILES string of the molecule is CC(C)c1ccc(NC(=O)CNS(=O)(=O)c2cccc(Cl)c2)cc1. The molecule has 2 aromatic rings. The molecule has 0 heterocycles. The fraction of sp³-hybridized carbons (Fsp3) is 0.235. The molecule has 0 radical (unpaired) electrons. The minimum Gasteiger partial charge on any atom is -0.325 e. The Hall–Kier alpha value is -1.89. The van der Waals surface area contributed by atoms with Crippen molar-refractivity contribution >= 4 is 33.2 Å². The van der Waals surface area contributed by atoms with Crippen LogP contribution >= 0.6 is 11.6 Å². The molecule has 0 saturated carbocycles. The number of anilines is 1. The van der Waals surface area contributed by atoms with Crippen LogP contribution in [0.4, 0.5) is 5.69 Å². The first kappa shape index (κ1) is 18.4. The van der Waals surface area contributed by atoms with Crippen molar-refractivity contribution in [2.24, 2.45) is 0 Å². The van der Waals surface area contributed by atoms with Crippen LogP contribution in [-0.2, 0) is 14.8 Å². The summed E-state index contributed by atoms with van der Waals surface area (Å²) in [5.41, 5.74) is 1.78. The Morgan fingerprint density at radius 2 is 1.79 bits per heavy atom. The van der Waals surface area contributed by atoms with Crippen molar-refractivity contribution in [1.29, 1.82) is 0 Å². The minimum absolute atomic E-state index is 0.0177. The first-order chi connectivity index (χ1) is 11.3. The van der Waals surface area contributed by atoms with E-state index in [1.165, 1.54) is 18.2 Å². The predicted molar refractivity (Wildman–Crippen MR) is 95.8 cm³/mol. The molecule has 0 unspecified atom stereocenters. The van der Waals surface area contributed by atoms with Crippen LogP contribution < -0.4 is 10.0 Å². The highest BCUT2D eigenvalue weighted by atomic mass is 35.5. The van der Waals surface area contributed by atoms with Gasteiger partial charge in [0.1, 0.15) is 0 Å². The average Bonchev–Trinajstić information content (AvgIpc) is 2.53. The molecule has 24 heavy (non-hydrogen) atoms. The summed E-state index contributed by atoms with van der Waals surface area (Å²) in [5, 5.41) is 2.96. The zero-order chi connectivity index (χ0) is 17.7. The van der Waals surface area contributed by atoms with E-state index >= 15 is 0 Å². The number of rotatable bonds is 6. The summed E-state index contributed by atoms with van der Waals surface area (Å²) in [6.07, 6.45) is 0. The fourth-order valence-electron chi connectivity index (χ4n) is 2.03. The van der Waals surface area contributed by atoms with Crippen LogP contribution in [0.25, 0.3) is 0 Å². The molecule has 2 N–H and O–H groups in total. The fourth-order valence-corrected chi connectivity index (χ4v) is 3.32. The highest BCUT2D eigenvalue weighted by Crippen LogP contribution is 2.17. The van der Waals surface area contributed by atoms with Gasteiger partial charge in [0.15, 0.2) is 0 Å². The Labute approximate surface area is 147 Å². The van der Waals surface area contributed by atoms with Gasteiger partial charge in [-0.05, 0) is 41.8 Å². The Kier molecular flexibility index (Phi) is 5.99. The van der Waals surface area contributed by atoms with Crippen LogP contribution in [-0.4, -0.2) is 20.9 Å². The molecule has 0 fully saturated rings. The van der Waals surface area contributed by atoms with E-state index in [1.54, 1.807) is 18.2 Å². The first-order valence-electron chi connectivity index (χ1n) is 7.43. The van der Waals surface area contributed by atoms with Gasteiger partial charge in [0.2, 0.25) is 15.9 Å². The van der Waals surface area contributed by atoms with Gasteiger partial charge in [-0.15, -0.1) is 0 Å². The van der Waals surface area contributed by atoms with E-state index < -0.39 is 15.9 Å². The number of hydrogen-bond donors (Lipinski definition) is 2. The number of sulfonamides is 1. The Morgan fingerprint density at radius 1 is 1.12 bits per heavy atom. The summed E-state index contributed by atoms with van der Waals surface area (Å²) in [7, 11) is -3.78. The number of amides is 1. The quantitative estimate of drug-likeness (QED) is 0.822. The number of nitrogens with one attached hydrogen (secondary N) is 2. The lowest BCUT2D eigenvalue weighted by Gasteiger charge is -2.10. The summed E-state index contributed by atoms with van der Waals surface area (Å²) in [6, 6.07) is 13.3. The Morgan fingerprint density at radius 3 is 2.38 bits per heavy atom. The number of benzene rings is 2. The van der Waals surface area contributed by atoms with Crippen LogP contribution in [0.3, 0.4) is 0 Å². The van der Waals surface area contributed by atoms with Gasteiger partial charge in [0.05, 0.1) is 11.4 Å². The first-order valence-corrected chi connectivity index (χ1v) is 9.29. The lowest BCUT2D eigenvalue weighted by molar-refractivity contribution is -0.115. The van der Waals surface area contributed by atoms with Gasteiger partial charge >= 0.3 is 0 Å². The Balaban J connectivity index is 1.95. The van der Waals surface area contributed by atoms with E-state index in [0.717, 1.165) is 5.56 Å². The van der Waals surface area contributed by atoms with E-state index in [-0.39, 0.29) is 11.4 Å². The maximum atomic E-state index is 12.1. The third-order valence-electron chi connectivity index (χ3n) is 3.39. The van der Waals surface area contributed by atoms with Crippen molar-refractivity contribution in [3.63, 3.8) is 0 Å². The molecule has 0 bridgehead atoms. The molecule has 2 rings (SSSR count). The van der Waals surface area contributed by atoms with Gasteiger partial charge < -0.3 is 5.32 Å². The topological polar surface area (TPSA) is 75.3 Å². The predicted octanol–water partition coefficient (Wildman–Crippen LogP) is 3.38. The number of carbonyl (C=O) groups excluding carboxylic acids is 1. The van der Waals surface area contributed by atoms with Gasteiger partial charge in [0, 0.05) is 10.7 Å². The molecule has 0 saturated heterocycles. The molecule has 0 aromatic heterocycles. The number of carbonyl (C=O) groups is 1. The van der Waals surface area contributed by atoms with Crippen molar-refractivity contribution in [3.05, 3.63) is 59.1 Å². The maximum absolute atomic E-state index is 12.1. The molecular weight excluding hydrogens is 348 g/mol. The van der Waals surface area contributed by atoms with E-state index in [4.69, 9.17) is 11.6 Å². The highest BCUT2D eigenvalue weighted by molar-refractivity contribution is 7.89. The summed E-state index contributed by atoms with van der Waals surface area (Å²) in [4.78, 5) is 11.9. The third kappa shape index (κ3) is 5.06. The van der Waals surface area contributed by atoms with Gasteiger partial charge in [-0.3, -0.25) is 4.79 Å². The molecule has 0 aliphatic rings. The lowest BCUT2D eigenvalue weighted by Crippen LogP contribution is -2.32. The zero-order valence-corrected chi connectivity index (χ0v) is 15.0. The molecule has 128 valence electrons. The van der Waals surface area contributed by atoms with Crippen LogP contribution in [0.1, 0.15) is 25.3 Å². The van der Waals surface area contributed by atoms with Crippen molar-refractivity contribution in [2.45, 2.75) is 24.7 Å². The molecule has 0 spiro atoms. The lowest BCUT2D eigenvalue weighted by atomic mass is 10.0. The average molecular weight is 367 g/mol. The van der Waals surface area contributed by atoms with Gasteiger partial charge in [-0.1, -0.05) is 43.6 Å². The monoisotopic (exact) mass is 366 g/mol. The number of halogens is 1. The molecule has 0 aliphatic carbocycles. The largest absolute Gasteiger partial charge is 0.325 e. The molecular formula is C17H19ClN2O3S. The van der Waals surface area contributed by atoms with E-state index in [0.29, 0.717) is 16.6 Å². The molecule has 2 aromatic carbocycles. The smallest absolute Gasteiger partial charge is 0.241 e. The normalized spacial score (nSPS) is 11.5. The third-order valence-corrected chi connectivity index (χ3v) is 5.02. The summed E-state index contributed by atoms with van der Waals surface area (Å²) in [5.74, 6) is -0.0443. The highest BCUT2D eigenvalue weighted by Gasteiger charge is 2.15. The maximum Gasteiger partial charge on any atom is 0.241 e. The Bertz CT molecular complexity index is 818. The van der Waals surface area contributed by atoms with Crippen LogP contribution in [0, 0.1) is 0 Å².